The van der Waals surface area contributed by atoms with E-state index in [1.54, 1.807) is 18.5 Å². The Kier molecular flexibility index (Phi) is 4.99. The molecule has 3 aromatic rings. The first-order valence-electron chi connectivity index (χ1n) is 8.97. The van der Waals surface area contributed by atoms with Gasteiger partial charge in [0.1, 0.15) is 5.65 Å². The van der Waals surface area contributed by atoms with Crippen molar-refractivity contribution in [2.45, 2.75) is 6.54 Å². The van der Waals surface area contributed by atoms with E-state index in [0.29, 0.717) is 11.3 Å². The van der Waals surface area contributed by atoms with Crippen LogP contribution in [0.25, 0.3) is 11.0 Å². The van der Waals surface area contributed by atoms with Crippen LogP contribution in [0.1, 0.15) is 10.4 Å². The summed E-state index contributed by atoms with van der Waals surface area (Å²) < 4.78 is 7.55. The number of ether oxygens (including phenoxy) is 1. The van der Waals surface area contributed by atoms with Crippen LogP contribution in [0.2, 0.25) is 0 Å². The van der Waals surface area contributed by atoms with E-state index in [4.69, 9.17) is 10.5 Å². The highest BCUT2D eigenvalue weighted by Gasteiger charge is 2.13. The lowest BCUT2D eigenvalue weighted by molar-refractivity contribution is 0.0365. The van der Waals surface area contributed by atoms with Crippen LogP contribution in [-0.4, -0.2) is 58.2 Å². The number of rotatable bonds is 6. The van der Waals surface area contributed by atoms with Crippen molar-refractivity contribution in [1.29, 1.82) is 0 Å². The highest BCUT2D eigenvalue weighted by molar-refractivity contribution is 6.00. The second kappa shape index (κ2) is 7.73. The van der Waals surface area contributed by atoms with Crippen LogP contribution in [0.15, 0.2) is 43.0 Å². The summed E-state index contributed by atoms with van der Waals surface area (Å²) in [6, 6.07) is 5.66. The maximum Gasteiger partial charge on any atom is 0.252 e. The third kappa shape index (κ3) is 3.76. The third-order valence-corrected chi connectivity index (χ3v) is 4.78. The molecule has 140 valence electrons. The zero-order chi connectivity index (χ0) is 18.6. The molecule has 27 heavy (non-hydrogen) atoms. The Hall–Kier alpha value is -2.97. The van der Waals surface area contributed by atoms with Crippen molar-refractivity contribution in [3.63, 3.8) is 0 Å². The molecule has 4 heterocycles. The molecule has 1 aliphatic heterocycles. The van der Waals surface area contributed by atoms with E-state index in [1.807, 2.05) is 18.3 Å². The van der Waals surface area contributed by atoms with Crippen LogP contribution >= 0.6 is 0 Å². The number of fused-ring (bicyclic) bond motifs is 1. The number of pyridine rings is 2. The molecule has 1 aliphatic rings. The molecule has 3 aromatic heterocycles. The molecule has 8 heteroatoms. The molecule has 0 bridgehead atoms. The lowest BCUT2D eigenvalue weighted by atomic mass is 10.2. The number of carbonyl (C=O) groups is 1. The van der Waals surface area contributed by atoms with Gasteiger partial charge in [-0.15, -0.1) is 0 Å². The molecule has 0 spiro atoms. The van der Waals surface area contributed by atoms with E-state index in [1.165, 1.54) is 6.20 Å². The van der Waals surface area contributed by atoms with Gasteiger partial charge in [-0.25, -0.2) is 4.98 Å². The van der Waals surface area contributed by atoms with E-state index in [-0.39, 0.29) is 0 Å². The number of amides is 1. The summed E-state index contributed by atoms with van der Waals surface area (Å²) in [6.45, 7) is 5.36. The molecule has 0 unspecified atom stereocenters. The summed E-state index contributed by atoms with van der Waals surface area (Å²) in [5.41, 5.74) is 8.21. The molecule has 8 nitrogen and oxygen atoms in total. The number of carbonyl (C=O) groups excluding carboxylic acids is 1. The Labute approximate surface area is 157 Å². The van der Waals surface area contributed by atoms with Gasteiger partial charge in [-0.2, -0.15) is 0 Å². The van der Waals surface area contributed by atoms with Gasteiger partial charge in [0.2, 0.25) is 0 Å². The van der Waals surface area contributed by atoms with E-state index < -0.39 is 5.91 Å². The number of nitrogens with two attached hydrogens (primary N) is 1. The summed E-state index contributed by atoms with van der Waals surface area (Å²) in [5.74, 6) is -0.515. The summed E-state index contributed by atoms with van der Waals surface area (Å²) in [7, 11) is 0. The van der Waals surface area contributed by atoms with Gasteiger partial charge < -0.3 is 20.4 Å². The molecule has 1 fully saturated rings. The number of morpholine rings is 1. The number of hydrogen-bond acceptors (Lipinski definition) is 6. The number of nitrogens with zero attached hydrogens (tertiary/aromatic N) is 4. The number of anilines is 2. The lowest BCUT2D eigenvalue weighted by Gasteiger charge is -2.26. The molecule has 1 saturated heterocycles. The standard InChI is InChI=1S/C19H22N6O2/c20-18(26)15-13-21-4-1-17(15)23-16-2-5-22-19-14(16)3-6-25(19)8-7-24-9-11-27-12-10-24/h1-6,13H,7-12H2,(H2,20,26)(H,21,22,23). The van der Waals surface area contributed by atoms with Gasteiger partial charge in [0.15, 0.2) is 0 Å². The van der Waals surface area contributed by atoms with Crippen LogP contribution in [0.5, 0.6) is 0 Å². The van der Waals surface area contributed by atoms with Crippen LogP contribution in [-0.2, 0) is 11.3 Å². The lowest BCUT2D eigenvalue weighted by Crippen LogP contribution is -2.38. The van der Waals surface area contributed by atoms with Crippen molar-refractivity contribution in [3.05, 3.63) is 48.5 Å². The maximum atomic E-state index is 11.6. The monoisotopic (exact) mass is 366 g/mol. The first kappa shape index (κ1) is 17.4. The Bertz CT molecular complexity index is 948. The molecule has 0 aromatic carbocycles. The topological polar surface area (TPSA) is 98.3 Å². The average Bonchev–Trinajstić information content (AvgIpc) is 3.12. The predicted molar refractivity (Wildman–Crippen MR) is 103 cm³/mol. The smallest absolute Gasteiger partial charge is 0.252 e. The van der Waals surface area contributed by atoms with Gasteiger partial charge in [-0.3, -0.25) is 14.7 Å². The zero-order valence-corrected chi connectivity index (χ0v) is 15.0. The third-order valence-electron chi connectivity index (χ3n) is 4.78. The quantitative estimate of drug-likeness (QED) is 0.688. The van der Waals surface area contributed by atoms with Crippen molar-refractivity contribution in [2.75, 3.05) is 38.2 Å². The van der Waals surface area contributed by atoms with Gasteiger partial charge in [0.25, 0.3) is 5.91 Å². The largest absolute Gasteiger partial charge is 0.379 e. The minimum absolute atomic E-state index is 0.356. The average molecular weight is 366 g/mol. The van der Waals surface area contributed by atoms with Gasteiger partial charge in [-0.05, 0) is 18.2 Å². The molecular weight excluding hydrogens is 344 g/mol. The SMILES string of the molecule is NC(=O)c1cnccc1Nc1ccnc2c1ccn2CCN1CCOCC1. The van der Waals surface area contributed by atoms with Crippen molar-refractivity contribution in [2.24, 2.45) is 5.73 Å². The minimum atomic E-state index is -0.515. The molecular formula is C19H22N6O2. The summed E-state index contributed by atoms with van der Waals surface area (Å²) in [6.07, 6.45) is 6.91. The molecule has 0 radical (unpaired) electrons. The summed E-state index contributed by atoms with van der Waals surface area (Å²) in [4.78, 5) is 22.5. The van der Waals surface area contributed by atoms with Gasteiger partial charge >= 0.3 is 0 Å². The molecule has 4 rings (SSSR count). The van der Waals surface area contributed by atoms with Gasteiger partial charge in [0.05, 0.1) is 30.2 Å². The second-order valence-electron chi connectivity index (χ2n) is 6.47. The highest BCUT2D eigenvalue weighted by atomic mass is 16.5. The Morgan fingerprint density at radius 3 is 2.78 bits per heavy atom. The van der Waals surface area contributed by atoms with E-state index in [0.717, 1.165) is 56.1 Å². The summed E-state index contributed by atoms with van der Waals surface area (Å²) in [5, 5.41) is 4.29. The fourth-order valence-electron chi connectivity index (χ4n) is 3.30. The Morgan fingerprint density at radius 2 is 1.96 bits per heavy atom. The van der Waals surface area contributed by atoms with Crippen LogP contribution < -0.4 is 11.1 Å². The fourth-order valence-corrected chi connectivity index (χ4v) is 3.30. The first-order valence-corrected chi connectivity index (χ1v) is 8.97. The molecule has 0 aliphatic carbocycles. The fraction of sp³-hybridized carbons (Fsp3) is 0.316. The number of nitrogens with one attached hydrogen (secondary N) is 1. The Balaban J connectivity index is 1.56. The van der Waals surface area contributed by atoms with Crippen LogP contribution in [0.3, 0.4) is 0 Å². The summed E-state index contributed by atoms with van der Waals surface area (Å²) >= 11 is 0. The maximum absolute atomic E-state index is 11.6. The van der Waals surface area contributed by atoms with Crippen molar-refractivity contribution in [1.82, 2.24) is 19.4 Å². The minimum Gasteiger partial charge on any atom is -0.379 e. The molecule has 3 N–H and O–H groups in total. The highest BCUT2D eigenvalue weighted by Crippen LogP contribution is 2.27. The van der Waals surface area contributed by atoms with E-state index in [9.17, 15) is 4.79 Å². The number of primary amides is 1. The molecule has 0 atom stereocenters. The number of hydrogen-bond donors (Lipinski definition) is 2. The van der Waals surface area contributed by atoms with Crippen LogP contribution in [0.4, 0.5) is 11.4 Å². The molecule has 0 saturated carbocycles. The predicted octanol–water partition coefficient (Wildman–Crippen LogP) is 1.61. The van der Waals surface area contributed by atoms with Crippen molar-refractivity contribution in [3.8, 4) is 0 Å². The van der Waals surface area contributed by atoms with E-state index in [2.05, 4.69) is 24.8 Å². The second-order valence-corrected chi connectivity index (χ2v) is 6.47. The van der Waals surface area contributed by atoms with Gasteiger partial charge in [0, 0.05) is 56.4 Å². The zero-order valence-electron chi connectivity index (χ0n) is 15.0. The first-order chi connectivity index (χ1) is 13.2. The van der Waals surface area contributed by atoms with E-state index >= 15 is 0 Å². The normalized spacial score (nSPS) is 15.1. The van der Waals surface area contributed by atoms with Gasteiger partial charge in [-0.1, -0.05) is 0 Å². The van der Waals surface area contributed by atoms with Crippen LogP contribution in [0, 0.1) is 0 Å². The number of aromatic nitrogens is 3. The molecule has 1 amide bonds. The Morgan fingerprint density at radius 1 is 1.15 bits per heavy atom. The van der Waals surface area contributed by atoms with Crippen molar-refractivity contribution >= 4 is 28.3 Å². The van der Waals surface area contributed by atoms with Crippen molar-refractivity contribution < 1.29 is 9.53 Å².